The van der Waals surface area contributed by atoms with Crippen molar-refractivity contribution in [3.8, 4) is 0 Å². The summed E-state index contributed by atoms with van der Waals surface area (Å²) in [6, 6.07) is 0. The van der Waals surface area contributed by atoms with Crippen LogP contribution in [0.1, 0.15) is 45.4 Å². The molecule has 2 rings (SSSR count). The maximum Gasteiger partial charge on any atom is 0.311 e. The normalized spacial score (nSPS) is 29.9. The standard InChI is InChI=1S/C14H23NO4/c1-10-11(5-8-19-10)12(16)15-9-14(13(17)18)6-3-2-4-7-14/h10-11H,2-9H2,1H3,(H,15,16)(H,17,18). The predicted octanol–water partition coefficient (Wildman–Crippen LogP) is 1.56. The molecule has 0 aromatic heterocycles. The number of carboxylic acids is 1. The molecule has 0 spiro atoms. The first kappa shape index (κ1) is 14.3. The Morgan fingerprint density at radius 1 is 1.32 bits per heavy atom. The SMILES string of the molecule is CC1OCCC1C(=O)NCC1(C(=O)O)CCCCC1. The van der Waals surface area contributed by atoms with E-state index in [4.69, 9.17) is 4.74 Å². The van der Waals surface area contributed by atoms with Crippen molar-refractivity contribution >= 4 is 11.9 Å². The third kappa shape index (κ3) is 3.08. The van der Waals surface area contributed by atoms with Gasteiger partial charge < -0.3 is 15.2 Å². The fourth-order valence-corrected chi connectivity index (χ4v) is 3.16. The summed E-state index contributed by atoms with van der Waals surface area (Å²) in [5.74, 6) is -0.964. The van der Waals surface area contributed by atoms with Gasteiger partial charge in [-0.25, -0.2) is 0 Å². The number of rotatable bonds is 4. The Morgan fingerprint density at radius 2 is 2.00 bits per heavy atom. The van der Waals surface area contributed by atoms with Crippen molar-refractivity contribution in [2.75, 3.05) is 13.2 Å². The van der Waals surface area contributed by atoms with Gasteiger partial charge in [-0.1, -0.05) is 19.3 Å². The summed E-state index contributed by atoms with van der Waals surface area (Å²) in [4.78, 5) is 23.6. The molecule has 0 aromatic rings. The Balaban J connectivity index is 1.91. The van der Waals surface area contributed by atoms with Crippen LogP contribution in [0.15, 0.2) is 0 Å². The number of aliphatic carboxylic acids is 1. The third-order valence-corrected chi connectivity index (χ3v) is 4.58. The van der Waals surface area contributed by atoms with Crippen LogP contribution in [0.5, 0.6) is 0 Å². The molecule has 5 nitrogen and oxygen atoms in total. The van der Waals surface area contributed by atoms with Gasteiger partial charge >= 0.3 is 5.97 Å². The molecule has 2 unspecified atom stereocenters. The van der Waals surface area contributed by atoms with E-state index in [1.807, 2.05) is 6.92 Å². The Hall–Kier alpha value is -1.10. The van der Waals surface area contributed by atoms with Crippen LogP contribution in [0.25, 0.3) is 0 Å². The number of hydrogen-bond acceptors (Lipinski definition) is 3. The van der Waals surface area contributed by atoms with Crippen molar-refractivity contribution in [1.82, 2.24) is 5.32 Å². The molecule has 1 amide bonds. The van der Waals surface area contributed by atoms with E-state index < -0.39 is 11.4 Å². The fourth-order valence-electron chi connectivity index (χ4n) is 3.16. The number of carboxylic acid groups (broad SMARTS) is 1. The lowest BCUT2D eigenvalue weighted by molar-refractivity contribution is -0.151. The van der Waals surface area contributed by atoms with E-state index in [9.17, 15) is 14.7 Å². The molecule has 2 atom stereocenters. The first-order valence-corrected chi connectivity index (χ1v) is 7.18. The van der Waals surface area contributed by atoms with Crippen LogP contribution in [-0.2, 0) is 14.3 Å². The molecule has 19 heavy (non-hydrogen) atoms. The van der Waals surface area contributed by atoms with Gasteiger partial charge in [0.1, 0.15) is 0 Å². The molecule has 2 fully saturated rings. The van der Waals surface area contributed by atoms with Gasteiger partial charge in [0.05, 0.1) is 17.4 Å². The second-order valence-corrected chi connectivity index (χ2v) is 5.84. The number of ether oxygens (including phenoxy) is 1. The highest BCUT2D eigenvalue weighted by Crippen LogP contribution is 2.36. The summed E-state index contributed by atoms with van der Waals surface area (Å²) in [5, 5.41) is 12.3. The number of carbonyl (C=O) groups excluding carboxylic acids is 1. The Bertz CT molecular complexity index is 349. The van der Waals surface area contributed by atoms with Crippen LogP contribution < -0.4 is 5.32 Å². The van der Waals surface area contributed by atoms with Crippen molar-refractivity contribution in [3.05, 3.63) is 0 Å². The van der Waals surface area contributed by atoms with Crippen LogP contribution in [-0.4, -0.2) is 36.2 Å². The van der Waals surface area contributed by atoms with E-state index in [0.29, 0.717) is 19.4 Å². The lowest BCUT2D eigenvalue weighted by Crippen LogP contribution is -2.46. The van der Waals surface area contributed by atoms with Gasteiger partial charge in [-0.3, -0.25) is 9.59 Å². The van der Waals surface area contributed by atoms with E-state index in [1.165, 1.54) is 0 Å². The first-order valence-electron chi connectivity index (χ1n) is 7.18. The largest absolute Gasteiger partial charge is 0.481 e. The van der Waals surface area contributed by atoms with Crippen LogP contribution in [0.4, 0.5) is 0 Å². The van der Waals surface area contributed by atoms with Gasteiger partial charge in [0, 0.05) is 13.2 Å². The molecule has 0 radical (unpaired) electrons. The highest BCUT2D eigenvalue weighted by atomic mass is 16.5. The fraction of sp³-hybridized carbons (Fsp3) is 0.857. The quantitative estimate of drug-likeness (QED) is 0.812. The zero-order valence-electron chi connectivity index (χ0n) is 11.5. The van der Waals surface area contributed by atoms with Crippen molar-refractivity contribution in [2.24, 2.45) is 11.3 Å². The van der Waals surface area contributed by atoms with Crippen molar-refractivity contribution in [3.63, 3.8) is 0 Å². The maximum absolute atomic E-state index is 12.1. The maximum atomic E-state index is 12.1. The van der Waals surface area contributed by atoms with Crippen molar-refractivity contribution in [1.29, 1.82) is 0 Å². The van der Waals surface area contributed by atoms with Gasteiger partial charge in [-0.15, -0.1) is 0 Å². The molecule has 5 heteroatoms. The number of nitrogens with one attached hydrogen (secondary N) is 1. The number of carbonyl (C=O) groups is 2. The smallest absolute Gasteiger partial charge is 0.311 e. The minimum atomic E-state index is -0.775. The molecule has 1 aliphatic heterocycles. The molecule has 1 saturated heterocycles. The van der Waals surface area contributed by atoms with Crippen molar-refractivity contribution in [2.45, 2.75) is 51.6 Å². The Morgan fingerprint density at radius 3 is 2.53 bits per heavy atom. The van der Waals surface area contributed by atoms with E-state index in [2.05, 4.69) is 5.32 Å². The molecule has 108 valence electrons. The summed E-state index contributed by atoms with van der Waals surface area (Å²) < 4.78 is 5.37. The van der Waals surface area contributed by atoms with Gasteiger partial charge in [-0.2, -0.15) is 0 Å². The zero-order chi connectivity index (χ0) is 13.9. The summed E-state index contributed by atoms with van der Waals surface area (Å²) in [6.45, 7) is 2.76. The topological polar surface area (TPSA) is 75.6 Å². The minimum Gasteiger partial charge on any atom is -0.481 e. The van der Waals surface area contributed by atoms with E-state index in [-0.39, 0.29) is 24.5 Å². The zero-order valence-corrected chi connectivity index (χ0v) is 11.5. The van der Waals surface area contributed by atoms with Gasteiger partial charge in [0.2, 0.25) is 5.91 Å². The average Bonchev–Trinajstić information content (AvgIpc) is 2.83. The molecular weight excluding hydrogens is 246 g/mol. The molecule has 0 bridgehead atoms. The van der Waals surface area contributed by atoms with Gasteiger partial charge in [0.15, 0.2) is 0 Å². The molecule has 2 N–H and O–H groups in total. The summed E-state index contributed by atoms with van der Waals surface area (Å²) >= 11 is 0. The molecule has 1 saturated carbocycles. The van der Waals surface area contributed by atoms with E-state index >= 15 is 0 Å². The average molecular weight is 269 g/mol. The lowest BCUT2D eigenvalue weighted by atomic mass is 9.74. The second-order valence-electron chi connectivity index (χ2n) is 5.84. The Kier molecular flexibility index (Phi) is 4.45. The van der Waals surface area contributed by atoms with E-state index in [1.54, 1.807) is 0 Å². The summed E-state index contributed by atoms with van der Waals surface area (Å²) in [6.07, 6.45) is 4.96. The highest BCUT2D eigenvalue weighted by Gasteiger charge is 2.40. The van der Waals surface area contributed by atoms with Crippen LogP contribution in [0.2, 0.25) is 0 Å². The summed E-state index contributed by atoms with van der Waals surface area (Å²) in [5.41, 5.74) is -0.753. The molecule has 2 aliphatic rings. The molecule has 0 aromatic carbocycles. The van der Waals surface area contributed by atoms with Crippen molar-refractivity contribution < 1.29 is 19.4 Å². The molecule has 1 heterocycles. The number of hydrogen-bond donors (Lipinski definition) is 2. The van der Waals surface area contributed by atoms with Crippen LogP contribution in [0.3, 0.4) is 0 Å². The first-order chi connectivity index (χ1) is 9.05. The monoisotopic (exact) mass is 269 g/mol. The van der Waals surface area contributed by atoms with Crippen LogP contribution >= 0.6 is 0 Å². The second kappa shape index (κ2) is 5.90. The lowest BCUT2D eigenvalue weighted by Gasteiger charge is -2.33. The molecule has 1 aliphatic carbocycles. The van der Waals surface area contributed by atoms with Gasteiger partial charge in [-0.05, 0) is 26.2 Å². The highest BCUT2D eigenvalue weighted by molar-refractivity contribution is 5.81. The van der Waals surface area contributed by atoms with Gasteiger partial charge in [0.25, 0.3) is 0 Å². The number of amides is 1. The Labute approximate surface area is 113 Å². The minimum absolute atomic E-state index is 0.0591. The predicted molar refractivity (Wildman–Crippen MR) is 69.7 cm³/mol. The van der Waals surface area contributed by atoms with Crippen LogP contribution in [0, 0.1) is 11.3 Å². The molecular formula is C14H23NO4. The third-order valence-electron chi connectivity index (χ3n) is 4.58. The summed E-state index contributed by atoms with van der Waals surface area (Å²) in [7, 11) is 0. The van der Waals surface area contributed by atoms with E-state index in [0.717, 1.165) is 25.7 Å².